The van der Waals surface area contributed by atoms with Crippen LogP contribution in [-0.4, -0.2) is 17.9 Å². The van der Waals surface area contributed by atoms with Crippen LogP contribution in [0.3, 0.4) is 0 Å². The predicted octanol–water partition coefficient (Wildman–Crippen LogP) is 2.17. The molecule has 1 aromatic rings. The third-order valence-electron chi connectivity index (χ3n) is 3.55. The van der Waals surface area contributed by atoms with E-state index in [-0.39, 0.29) is 11.6 Å². The van der Waals surface area contributed by atoms with Crippen molar-refractivity contribution in [2.45, 2.75) is 45.1 Å². The van der Waals surface area contributed by atoms with Gasteiger partial charge >= 0.3 is 0 Å². The molecule has 1 atom stereocenters. The van der Waals surface area contributed by atoms with Gasteiger partial charge in [-0.15, -0.1) is 0 Å². The number of nitrogens with two attached hydrogens (primary N) is 1. The van der Waals surface area contributed by atoms with E-state index in [1.54, 1.807) is 0 Å². The number of amides is 2. The summed E-state index contributed by atoms with van der Waals surface area (Å²) in [5.41, 5.74) is 7.09. The van der Waals surface area contributed by atoms with Crippen LogP contribution in [0, 0.1) is 5.82 Å². The smallest absolute Gasteiger partial charge is 0.241 e. The van der Waals surface area contributed by atoms with Crippen LogP contribution in [0.25, 0.3) is 0 Å². The number of unbranched alkanes of at least 4 members (excludes halogenated alkanes) is 1. The quantitative estimate of drug-likeness (QED) is 0.778. The number of carbonyl (C=O) groups is 2. The molecule has 21 heavy (non-hydrogen) atoms. The Morgan fingerprint density at radius 1 is 1.48 bits per heavy atom. The van der Waals surface area contributed by atoms with Crippen LogP contribution < -0.4 is 16.4 Å². The molecule has 4 N–H and O–H groups in total. The summed E-state index contributed by atoms with van der Waals surface area (Å²) in [7, 11) is 0. The van der Waals surface area contributed by atoms with Crippen LogP contribution in [-0.2, 0) is 16.0 Å². The third kappa shape index (κ3) is 3.78. The minimum absolute atomic E-state index is 0.0490. The van der Waals surface area contributed by atoms with Gasteiger partial charge < -0.3 is 16.4 Å². The molecule has 1 aliphatic heterocycles. The van der Waals surface area contributed by atoms with Gasteiger partial charge in [0.2, 0.25) is 11.8 Å². The lowest BCUT2D eigenvalue weighted by atomic mass is 10.0. The highest BCUT2D eigenvalue weighted by atomic mass is 19.1. The van der Waals surface area contributed by atoms with Crippen molar-refractivity contribution in [1.82, 2.24) is 0 Å². The maximum Gasteiger partial charge on any atom is 0.241 e. The number of fused-ring (bicyclic) bond motifs is 1. The molecular formula is C15H20FN3O2. The normalized spacial score (nSPS) is 15.1. The zero-order valence-corrected chi connectivity index (χ0v) is 12.0. The van der Waals surface area contributed by atoms with Crippen LogP contribution >= 0.6 is 0 Å². The first kappa shape index (κ1) is 15.4. The van der Waals surface area contributed by atoms with Gasteiger partial charge in [-0.2, -0.15) is 0 Å². The number of hydrogen-bond donors (Lipinski definition) is 3. The molecule has 1 aromatic carbocycles. The number of carbonyl (C=O) groups excluding carboxylic acids is 2. The van der Waals surface area contributed by atoms with Crippen molar-refractivity contribution < 1.29 is 14.0 Å². The van der Waals surface area contributed by atoms with Crippen LogP contribution in [0.15, 0.2) is 12.1 Å². The summed E-state index contributed by atoms with van der Waals surface area (Å²) >= 11 is 0. The Balaban J connectivity index is 2.11. The first-order valence-electron chi connectivity index (χ1n) is 7.20. The second-order valence-electron chi connectivity index (χ2n) is 5.28. The van der Waals surface area contributed by atoms with Gasteiger partial charge in [0, 0.05) is 12.1 Å². The Morgan fingerprint density at radius 3 is 2.95 bits per heavy atom. The molecule has 0 radical (unpaired) electrons. The van der Waals surface area contributed by atoms with Gasteiger partial charge in [0.05, 0.1) is 11.7 Å². The van der Waals surface area contributed by atoms with E-state index in [1.807, 2.05) is 6.92 Å². The molecule has 0 saturated heterocycles. The molecule has 2 amide bonds. The van der Waals surface area contributed by atoms with Gasteiger partial charge in [-0.25, -0.2) is 4.39 Å². The maximum atomic E-state index is 14.0. The van der Waals surface area contributed by atoms with Crippen LogP contribution in [0.4, 0.5) is 15.8 Å². The van der Waals surface area contributed by atoms with E-state index in [9.17, 15) is 14.0 Å². The number of rotatable bonds is 5. The van der Waals surface area contributed by atoms with Crippen molar-refractivity contribution in [1.29, 1.82) is 0 Å². The fourth-order valence-corrected chi connectivity index (χ4v) is 2.27. The molecule has 2 rings (SSSR count). The summed E-state index contributed by atoms with van der Waals surface area (Å²) in [5.74, 6) is -1.03. The highest BCUT2D eigenvalue weighted by molar-refractivity contribution is 5.98. The Kier molecular flexibility index (Phi) is 4.90. The lowest BCUT2D eigenvalue weighted by Crippen LogP contribution is -2.35. The average molecular weight is 293 g/mol. The second kappa shape index (κ2) is 6.67. The minimum atomic E-state index is -0.657. The largest absolute Gasteiger partial charge is 0.326 e. The predicted molar refractivity (Wildman–Crippen MR) is 79.5 cm³/mol. The minimum Gasteiger partial charge on any atom is -0.326 e. The van der Waals surface area contributed by atoms with Crippen molar-refractivity contribution in [3.8, 4) is 0 Å². The van der Waals surface area contributed by atoms with E-state index >= 15 is 0 Å². The average Bonchev–Trinajstić information content (AvgIpc) is 2.45. The third-order valence-corrected chi connectivity index (χ3v) is 3.55. The zero-order valence-electron chi connectivity index (χ0n) is 12.0. The van der Waals surface area contributed by atoms with Crippen LogP contribution in [0.1, 0.15) is 38.2 Å². The molecule has 0 fully saturated rings. The lowest BCUT2D eigenvalue weighted by molar-refractivity contribution is -0.117. The Labute approximate surface area is 123 Å². The van der Waals surface area contributed by atoms with E-state index < -0.39 is 17.8 Å². The van der Waals surface area contributed by atoms with E-state index in [4.69, 9.17) is 5.73 Å². The molecule has 114 valence electrons. The zero-order chi connectivity index (χ0) is 15.4. The van der Waals surface area contributed by atoms with Gasteiger partial charge in [-0.1, -0.05) is 19.8 Å². The number of halogens is 1. The van der Waals surface area contributed by atoms with Crippen molar-refractivity contribution in [2.24, 2.45) is 5.73 Å². The number of nitrogens with one attached hydrogen (secondary N) is 2. The van der Waals surface area contributed by atoms with E-state index in [0.29, 0.717) is 24.9 Å². The maximum absolute atomic E-state index is 14.0. The fraction of sp³-hybridized carbons (Fsp3) is 0.467. The van der Waals surface area contributed by atoms with Crippen molar-refractivity contribution in [2.75, 3.05) is 10.6 Å². The second-order valence-corrected chi connectivity index (χ2v) is 5.28. The molecule has 5 nitrogen and oxygen atoms in total. The van der Waals surface area contributed by atoms with Gasteiger partial charge in [-0.05, 0) is 30.5 Å². The summed E-state index contributed by atoms with van der Waals surface area (Å²) in [5, 5.41) is 5.17. The fourth-order valence-electron chi connectivity index (χ4n) is 2.27. The number of hydrogen-bond acceptors (Lipinski definition) is 3. The van der Waals surface area contributed by atoms with E-state index in [2.05, 4.69) is 10.6 Å². The first-order chi connectivity index (χ1) is 10.0. The standard InChI is InChI=1S/C15H20FN3O2/c1-2-3-4-11(17)15(21)19-13-8-12-9(7-10(13)16)5-6-14(20)18-12/h7-8,11H,2-6,17H2,1H3,(H,18,20)(H,19,21). The van der Waals surface area contributed by atoms with Gasteiger partial charge in [0.1, 0.15) is 5.82 Å². The summed E-state index contributed by atoms with van der Waals surface area (Å²) in [6, 6.07) is 2.14. The highest BCUT2D eigenvalue weighted by Gasteiger charge is 2.20. The molecular weight excluding hydrogens is 273 g/mol. The topological polar surface area (TPSA) is 84.2 Å². The summed E-state index contributed by atoms with van der Waals surface area (Å²) in [6.45, 7) is 2.01. The van der Waals surface area contributed by atoms with Gasteiger partial charge in [0.15, 0.2) is 0 Å². The molecule has 1 unspecified atom stereocenters. The lowest BCUT2D eigenvalue weighted by Gasteiger charge is -2.19. The summed E-state index contributed by atoms with van der Waals surface area (Å²) in [4.78, 5) is 23.3. The Bertz CT molecular complexity index is 560. The number of benzene rings is 1. The van der Waals surface area contributed by atoms with E-state index in [0.717, 1.165) is 18.4 Å². The molecule has 1 heterocycles. The van der Waals surface area contributed by atoms with Crippen LogP contribution in [0.2, 0.25) is 0 Å². The monoisotopic (exact) mass is 293 g/mol. The number of anilines is 2. The molecule has 0 bridgehead atoms. The molecule has 0 spiro atoms. The Hall–Kier alpha value is -1.95. The summed E-state index contributed by atoms with van der Waals surface area (Å²) < 4.78 is 14.0. The van der Waals surface area contributed by atoms with Gasteiger partial charge in [-0.3, -0.25) is 9.59 Å². The molecule has 0 aromatic heterocycles. The molecule has 0 saturated carbocycles. The van der Waals surface area contributed by atoms with Gasteiger partial charge in [0.25, 0.3) is 0 Å². The van der Waals surface area contributed by atoms with Crippen molar-refractivity contribution in [3.63, 3.8) is 0 Å². The Morgan fingerprint density at radius 2 is 2.24 bits per heavy atom. The highest BCUT2D eigenvalue weighted by Crippen LogP contribution is 2.28. The number of aryl methyl sites for hydroxylation is 1. The SMILES string of the molecule is CCCCC(N)C(=O)Nc1cc2c(cc1F)CCC(=O)N2. The van der Waals surface area contributed by atoms with Crippen LogP contribution in [0.5, 0.6) is 0 Å². The van der Waals surface area contributed by atoms with E-state index in [1.165, 1.54) is 12.1 Å². The molecule has 6 heteroatoms. The summed E-state index contributed by atoms with van der Waals surface area (Å²) in [6.07, 6.45) is 3.20. The van der Waals surface area contributed by atoms with Crippen molar-refractivity contribution >= 4 is 23.2 Å². The first-order valence-corrected chi connectivity index (χ1v) is 7.20. The molecule has 0 aliphatic carbocycles. The van der Waals surface area contributed by atoms with Crippen molar-refractivity contribution in [3.05, 3.63) is 23.5 Å². The molecule has 1 aliphatic rings.